The van der Waals surface area contributed by atoms with Crippen molar-refractivity contribution in [3.05, 3.63) is 101 Å². The lowest BCUT2D eigenvalue weighted by molar-refractivity contribution is -0.140. The van der Waals surface area contributed by atoms with Gasteiger partial charge in [-0.05, 0) is 53.8 Å². The van der Waals surface area contributed by atoms with Crippen LogP contribution in [-0.4, -0.2) is 50.5 Å². The van der Waals surface area contributed by atoms with E-state index < -0.39 is 28.5 Å². The van der Waals surface area contributed by atoms with E-state index in [9.17, 15) is 18.0 Å². The van der Waals surface area contributed by atoms with E-state index in [2.05, 4.69) is 5.32 Å². The summed E-state index contributed by atoms with van der Waals surface area (Å²) >= 11 is 6.01. The van der Waals surface area contributed by atoms with E-state index in [1.54, 1.807) is 24.3 Å². The first-order valence-electron chi connectivity index (χ1n) is 12.8. The van der Waals surface area contributed by atoms with Crippen molar-refractivity contribution in [1.82, 2.24) is 10.2 Å². The molecule has 39 heavy (non-hydrogen) atoms. The second-order valence-corrected chi connectivity index (χ2v) is 12.4. The molecular weight excluding hydrogens is 534 g/mol. The van der Waals surface area contributed by atoms with Gasteiger partial charge in [-0.15, -0.1) is 0 Å². The number of benzene rings is 3. The number of nitrogens with zero attached hydrogens (tertiary/aromatic N) is 2. The molecule has 208 valence electrons. The van der Waals surface area contributed by atoms with Crippen molar-refractivity contribution in [2.24, 2.45) is 5.92 Å². The molecule has 7 nitrogen and oxygen atoms in total. The quantitative estimate of drug-likeness (QED) is 0.338. The maximum atomic E-state index is 14.0. The Bertz CT molecular complexity index is 1360. The summed E-state index contributed by atoms with van der Waals surface area (Å²) < 4.78 is 26.6. The highest BCUT2D eigenvalue weighted by Gasteiger charge is 2.33. The Morgan fingerprint density at radius 2 is 1.54 bits per heavy atom. The molecule has 0 fully saturated rings. The Morgan fingerprint density at radius 3 is 2.13 bits per heavy atom. The number of hydrogen-bond acceptors (Lipinski definition) is 4. The molecule has 1 atom stereocenters. The summed E-state index contributed by atoms with van der Waals surface area (Å²) in [6.07, 6.45) is 1.33. The average molecular weight is 570 g/mol. The molecule has 1 N–H and O–H groups in total. The number of carbonyl (C=O) groups excluding carboxylic acids is 2. The number of halogens is 1. The Balaban J connectivity index is 2.05. The van der Waals surface area contributed by atoms with E-state index >= 15 is 0 Å². The lowest BCUT2D eigenvalue weighted by Gasteiger charge is -2.34. The van der Waals surface area contributed by atoms with Crippen molar-refractivity contribution in [2.45, 2.75) is 39.8 Å². The van der Waals surface area contributed by atoms with Gasteiger partial charge in [0, 0.05) is 24.5 Å². The third-order valence-corrected chi connectivity index (χ3v) is 7.74. The molecule has 3 rings (SSSR count). The minimum absolute atomic E-state index is 0.149. The van der Waals surface area contributed by atoms with Crippen LogP contribution in [0.15, 0.2) is 78.9 Å². The van der Waals surface area contributed by atoms with E-state index in [0.29, 0.717) is 17.3 Å². The van der Waals surface area contributed by atoms with Crippen LogP contribution in [-0.2, 0) is 32.6 Å². The van der Waals surface area contributed by atoms with E-state index in [0.717, 1.165) is 27.3 Å². The molecule has 0 aliphatic rings. The zero-order valence-corrected chi connectivity index (χ0v) is 24.4. The van der Waals surface area contributed by atoms with E-state index in [1.165, 1.54) is 4.90 Å². The topological polar surface area (TPSA) is 86.8 Å². The summed E-state index contributed by atoms with van der Waals surface area (Å²) in [6, 6.07) is 22.5. The summed E-state index contributed by atoms with van der Waals surface area (Å²) in [4.78, 5) is 29.2. The first-order valence-corrected chi connectivity index (χ1v) is 15.1. The van der Waals surface area contributed by atoms with Crippen LogP contribution in [0.2, 0.25) is 5.02 Å². The molecule has 0 aliphatic heterocycles. The maximum absolute atomic E-state index is 14.0. The van der Waals surface area contributed by atoms with Crippen molar-refractivity contribution in [3.63, 3.8) is 0 Å². The van der Waals surface area contributed by atoms with Crippen molar-refractivity contribution in [2.75, 3.05) is 23.7 Å². The Labute approximate surface area is 236 Å². The van der Waals surface area contributed by atoms with Crippen LogP contribution in [0.3, 0.4) is 0 Å². The van der Waals surface area contributed by atoms with Gasteiger partial charge in [-0.3, -0.25) is 13.9 Å². The fourth-order valence-corrected chi connectivity index (χ4v) is 5.14. The molecule has 0 bridgehead atoms. The van der Waals surface area contributed by atoms with Crippen molar-refractivity contribution in [1.29, 1.82) is 0 Å². The normalized spacial score (nSPS) is 12.2. The van der Waals surface area contributed by atoms with Crippen molar-refractivity contribution < 1.29 is 18.0 Å². The molecule has 0 aliphatic carbocycles. The first kappa shape index (κ1) is 30.2. The lowest BCUT2D eigenvalue weighted by atomic mass is 10.0. The van der Waals surface area contributed by atoms with Crippen molar-refractivity contribution >= 4 is 39.1 Å². The van der Waals surface area contributed by atoms with Gasteiger partial charge < -0.3 is 10.2 Å². The summed E-state index contributed by atoms with van der Waals surface area (Å²) in [5, 5.41) is 3.43. The van der Waals surface area contributed by atoms with Crippen LogP contribution in [0.5, 0.6) is 0 Å². The zero-order valence-electron chi connectivity index (χ0n) is 22.8. The van der Waals surface area contributed by atoms with Gasteiger partial charge in [0.05, 0.1) is 11.9 Å². The minimum Gasteiger partial charge on any atom is -0.354 e. The van der Waals surface area contributed by atoms with Crippen LogP contribution in [0.4, 0.5) is 5.69 Å². The molecule has 9 heteroatoms. The Morgan fingerprint density at radius 1 is 0.923 bits per heavy atom. The SMILES string of the molecule is Cc1ccccc1CN(C(=O)CN(c1ccc(Cl)cc1)S(C)(=O)=O)C(Cc1ccccc1)C(=O)NCC(C)C. The summed E-state index contributed by atoms with van der Waals surface area (Å²) in [5.41, 5.74) is 3.05. The third-order valence-electron chi connectivity index (χ3n) is 6.35. The van der Waals surface area contributed by atoms with Crippen molar-refractivity contribution in [3.8, 4) is 0 Å². The summed E-state index contributed by atoms with van der Waals surface area (Å²) in [6.45, 7) is 6.08. The minimum atomic E-state index is -3.82. The Kier molecular flexibility index (Phi) is 10.5. The molecular formula is C30H36ClN3O4S. The number of amides is 2. The second kappa shape index (κ2) is 13.6. The van der Waals surface area contributed by atoms with Crippen LogP contribution < -0.4 is 9.62 Å². The number of rotatable bonds is 12. The summed E-state index contributed by atoms with van der Waals surface area (Å²) in [5.74, 6) is -0.552. The predicted octanol–water partition coefficient (Wildman–Crippen LogP) is 4.83. The highest BCUT2D eigenvalue weighted by molar-refractivity contribution is 7.92. The van der Waals surface area contributed by atoms with E-state index in [1.807, 2.05) is 75.4 Å². The van der Waals surface area contributed by atoms with Gasteiger partial charge in [-0.25, -0.2) is 8.42 Å². The number of sulfonamides is 1. The largest absolute Gasteiger partial charge is 0.354 e. The highest BCUT2D eigenvalue weighted by atomic mass is 35.5. The molecule has 0 spiro atoms. The molecule has 0 saturated heterocycles. The monoisotopic (exact) mass is 569 g/mol. The molecule has 0 heterocycles. The van der Waals surface area contributed by atoms with Gasteiger partial charge in [0.1, 0.15) is 12.6 Å². The van der Waals surface area contributed by atoms with Gasteiger partial charge >= 0.3 is 0 Å². The molecule has 0 radical (unpaired) electrons. The zero-order chi connectivity index (χ0) is 28.6. The van der Waals surface area contributed by atoms with Gasteiger partial charge in [0.25, 0.3) is 0 Å². The average Bonchev–Trinajstić information content (AvgIpc) is 2.89. The third kappa shape index (κ3) is 8.83. The number of hydrogen-bond donors (Lipinski definition) is 1. The number of aryl methyl sites for hydroxylation is 1. The molecule has 3 aromatic rings. The van der Waals surface area contributed by atoms with Gasteiger partial charge in [-0.1, -0.05) is 80.0 Å². The molecule has 0 aromatic heterocycles. The smallest absolute Gasteiger partial charge is 0.244 e. The fraction of sp³-hybridized carbons (Fsp3) is 0.333. The second-order valence-electron chi connectivity index (χ2n) is 10.0. The molecule has 0 saturated carbocycles. The summed E-state index contributed by atoms with van der Waals surface area (Å²) in [7, 11) is -3.82. The van der Waals surface area contributed by atoms with Gasteiger partial charge in [0.15, 0.2) is 0 Å². The predicted molar refractivity (Wildman–Crippen MR) is 157 cm³/mol. The fourth-order valence-electron chi connectivity index (χ4n) is 4.17. The standard InChI is InChI=1S/C30H36ClN3O4S/c1-22(2)19-32-30(36)28(18-24-11-6-5-7-12-24)33(20-25-13-9-8-10-23(25)3)29(35)21-34(39(4,37)38)27-16-14-26(31)15-17-27/h5-17,22,28H,18-21H2,1-4H3,(H,32,36). The molecule has 3 aromatic carbocycles. The number of nitrogens with one attached hydrogen (secondary N) is 1. The van der Waals surface area contributed by atoms with Crippen LogP contribution in [0.25, 0.3) is 0 Å². The first-order chi connectivity index (χ1) is 18.5. The highest BCUT2D eigenvalue weighted by Crippen LogP contribution is 2.23. The van der Waals surface area contributed by atoms with Crippen LogP contribution >= 0.6 is 11.6 Å². The molecule has 2 amide bonds. The van der Waals surface area contributed by atoms with E-state index in [4.69, 9.17) is 11.6 Å². The molecule has 1 unspecified atom stereocenters. The number of carbonyl (C=O) groups is 2. The van der Waals surface area contributed by atoms with Crippen LogP contribution in [0.1, 0.15) is 30.5 Å². The lowest BCUT2D eigenvalue weighted by Crippen LogP contribution is -2.53. The van der Waals surface area contributed by atoms with Crippen LogP contribution in [0, 0.1) is 12.8 Å². The maximum Gasteiger partial charge on any atom is 0.244 e. The van der Waals surface area contributed by atoms with E-state index in [-0.39, 0.29) is 24.8 Å². The Hall–Kier alpha value is -3.36. The van der Waals surface area contributed by atoms with Gasteiger partial charge in [0.2, 0.25) is 21.8 Å². The van der Waals surface area contributed by atoms with Gasteiger partial charge in [-0.2, -0.15) is 0 Å². The number of anilines is 1.